The Morgan fingerprint density at radius 2 is 1.45 bits per heavy atom. The van der Waals surface area contributed by atoms with Crippen LogP contribution in [0.1, 0.15) is 24.3 Å². The van der Waals surface area contributed by atoms with Crippen LogP contribution < -0.4 is 14.5 Å². The highest BCUT2D eigenvalue weighted by Crippen LogP contribution is 2.67. The maximum Gasteiger partial charge on any atom is 0.258 e. The molecule has 6 atom stereocenters. The Kier molecular flexibility index (Phi) is 7.69. The second-order valence-corrected chi connectivity index (χ2v) is 14.2. The van der Waals surface area contributed by atoms with Crippen molar-refractivity contribution in [3.05, 3.63) is 93.2 Å². The maximum absolute atomic E-state index is 15.2. The van der Waals surface area contributed by atoms with E-state index >= 15 is 8.78 Å². The molecule has 1 saturated carbocycles. The monoisotopic (exact) mass is 784 g/mol. The number of imide groups is 2. The van der Waals surface area contributed by atoms with Crippen molar-refractivity contribution in [1.29, 1.82) is 0 Å². The zero-order valence-electron chi connectivity index (χ0n) is 24.7. The Hall–Kier alpha value is -4.01. The number of nitrogens with zero attached hydrogens (tertiary/aromatic N) is 2. The van der Waals surface area contributed by atoms with Gasteiger partial charge in [0.05, 0.1) is 24.6 Å². The quantitative estimate of drug-likeness (QED) is 0.0797. The smallest absolute Gasteiger partial charge is 0.258 e. The van der Waals surface area contributed by atoms with Gasteiger partial charge in [0, 0.05) is 16.0 Å². The molecule has 4 aliphatic rings. The van der Waals surface area contributed by atoms with Gasteiger partial charge in [-0.15, -0.1) is 23.2 Å². The van der Waals surface area contributed by atoms with E-state index in [0.29, 0.717) is 4.47 Å². The van der Waals surface area contributed by atoms with Crippen LogP contribution in [0.25, 0.3) is 0 Å². The summed E-state index contributed by atoms with van der Waals surface area (Å²) in [6.45, 7) is 0. The van der Waals surface area contributed by atoms with Crippen LogP contribution in [0.3, 0.4) is 0 Å². The van der Waals surface area contributed by atoms with Crippen molar-refractivity contribution in [1.82, 2.24) is 0 Å². The zero-order chi connectivity index (χ0) is 35.5. The number of benzene rings is 3. The molecule has 2 aliphatic heterocycles. The molecule has 3 aromatic rings. The van der Waals surface area contributed by atoms with E-state index in [1.165, 1.54) is 43.5 Å². The molecule has 7 rings (SSSR count). The van der Waals surface area contributed by atoms with Crippen LogP contribution in [0.5, 0.6) is 11.5 Å². The van der Waals surface area contributed by atoms with Gasteiger partial charge >= 0.3 is 0 Å². The normalized spacial score (nSPS) is 29.2. The number of carbonyl (C=O) groups is 4. The summed E-state index contributed by atoms with van der Waals surface area (Å²) in [7, 11) is 1.22. The van der Waals surface area contributed by atoms with Gasteiger partial charge in [-0.2, -0.15) is 0 Å². The molecule has 1 N–H and O–H groups in total. The molecule has 0 aromatic heterocycles. The number of allylic oxidation sites excluding steroid dienone is 2. The lowest BCUT2D eigenvalue weighted by atomic mass is 9.56. The number of rotatable bonds is 4. The number of hydrogen-bond donors (Lipinski definition) is 1. The third-order valence-corrected chi connectivity index (χ3v) is 11.8. The minimum absolute atomic E-state index is 0.0632. The minimum Gasteiger partial charge on any atom is -0.508 e. The number of ether oxygens (including phenoxy) is 1. The van der Waals surface area contributed by atoms with Crippen molar-refractivity contribution in [2.45, 2.75) is 28.5 Å². The number of aromatic hydroxyl groups is 1. The van der Waals surface area contributed by atoms with Crippen LogP contribution in [-0.2, 0) is 19.2 Å². The second-order valence-electron chi connectivity index (χ2n) is 12.1. The predicted octanol–water partition coefficient (Wildman–Crippen LogP) is 6.63. The van der Waals surface area contributed by atoms with Crippen LogP contribution in [0.15, 0.2) is 58.6 Å². The summed E-state index contributed by atoms with van der Waals surface area (Å²) in [5, 5.41) is 11.2. The summed E-state index contributed by atoms with van der Waals surface area (Å²) in [6, 6.07) is 10.3. The highest BCUT2D eigenvalue weighted by Gasteiger charge is 2.77. The largest absolute Gasteiger partial charge is 0.508 e. The van der Waals surface area contributed by atoms with Crippen molar-refractivity contribution < 1.29 is 51.0 Å². The Bertz CT molecular complexity index is 2040. The molecule has 254 valence electrons. The number of hydrogen-bond acceptors (Lipinski definition) is 6. The third kappa shape index (κ3) is 4.26. The van der Waals surface area contributed by atoms with E-state index in [1.807, 2.05) is 0 Å². The van der Waals surface area contributed by atoms with Crippen molar-refractivity contribution >= 4 is 74.1 Å². The predicted molar refractivity (Wildman–Crippen MR) is 168 cm³/mol. The first-order valence-electron chi connectivity index (χ1n) is 14.6. The number of anilines is 2. The zero-order valence-corrected chi connectivity index (χ0v) is 27.8. The molecule has 8 nitrogen and oxygen atoms in total. The van der Waals surface area contributed by atoms with Gasteiger partial charge < -0.3 is 9.84 Å². The van der Waals surface area contributed by atoms with Crippen LogP contribution in [0.2, 0.25) is 0 Å². The number of phenols is 1. The van der Waals surface area contributed by atoms with Gasteiger partial charge in [0.25, 0.3) is 11.8 Å². The number of carbonyl (C=O) groups excluding carboxylic acids is 4. The fraction of sp³-hybridized carbons (Fsp3) is 0.273. The van der Waals surface area contributed by atoms with Crippen LogP contribution in [0, 0.1) is 46.8 Å². The molecule has 0 spiro atoms. The van der Waals surface area contributed by atoms with E-state index in [2.05, 4.69) is 15.9 Å². The van der Waals surface area contributed by atoms with Gasteiger partial charge in [-0.3, -0.25) is 24.1 Å². The third-order valence-electron chi connectivity index (χ3n) is 9.86. The van der Waals surface area contributed by atoms with Gasteiger partial charge in [-0.05, 0) is 55.2 Å². The van der Waals surface area contributed by atoms with Crippen LogP contribution in [-0.4, -0.2) is 45.6 Å². The van der Waals surface area contributed by atoms with Crippen molar-refractivity contribution in [2.75, 3.05) is 16.9 Å². The molecular weight excluding hydrogens is 766 g/mol. The first kappa shape index (κ1) is 33.5. The van der Waals surface area contributed by atoms with Gasteiger partial charge in [-0.1, -0.05) is 33.6 Å². The van der Waals surface area contributed by atoms with E-state index in [1.54, 1.807) is 12.1 Å². The number of amides is 4. The van der Waals surface area contributed by atoms with Crippen molar-refractivity contribution in [2.24, 2.45) is 17.8 Å². The number of phenolic OH excluding ortho intramolecular Hbond substituents is 1. The molecule has 0 radical (unpaired) electrons. The Morgan fingerprint density at radius 1 is 0.837 bits per heavy atom. The Morgan fingerprint density at radius 3 is 2.06 bits per heavy atom. The fourth-order valence-corrected chi connectivity index (χ4v) is 8.91. The molecule has 0 bridgehead atoms. The average Bonchev–Trinajstić information content (AvgIpc) is 3.42. The number of halogens is 8. The molecular formula is C33H20BrCl2F5N2O6. The number of methoxy groups -OCH3 is 1. The number of fused-ring (bicyclic) bond motifs is 4. The topological polar surface area (TPSA) is 104 Å². The highest BCUT2D eigenvalue weighted by atomic mass is 79.9. The first-order valence-corrected chi connectivity index (χ1v) is 16.1. The SMILES string of the molecule is COc1cccc(O)c1[C@H]1C2=CC[C@@H]3C(=O)N(c4ccc(Br)cc4)C(=O)[C@@H]3[C@@H]2C[C@@]2(Cl)C(=O)N(c3c(F)c(F)c(F)c(F)c3F)C(=O)[C@@]12Cl. The van der Waals surface area contributed by atoms with Crippen LogP contribution in [0.4, 0.5) is 33.3 Å². The molecule has 16 heteroatoms. The van der Waals surface area contributed by atoms with Gasteiger partial charge in [0.1, 0.15) is 17.2 Å². The molecule has 0 unspecified atom stereocenters. The van der Waals surface area contributed by atoms with E-state index in [4.69, 9.17) is 27.9 Å². The molecule has 4 amide bonds. The van der Waals surface area contributed by atoms with Gasteiger partial charge in [-0.25, -0.2) is 26.9 Å². The van der Waals surface area contributed by atoms with E-state index in [9.17, 15) is 37.5 Å². The highest BCUT2D eigenvalue weighted by molar-refractivity contribution is 9.10. The molecule has 2 heterocycles. The summed E-state index contributed by atoms with van der Waals surface area (Å²) in [5.74, 6) is -22.5. The summed E-state index contributed by atoms with van der Waals surface area (Å²) in [5.41, 5.74) is -1.68. The van der Waals surface area contributed by atoms with Crippen LogP contribution >= 0.6 is 39.1 Å². The van der Waals surface area contributed by atoms with E-state index < -0.39 is 104 Å². The van der Waals surface area contributed by atoms with Gasteiger partial charge in [0.15, 0.2) is 33.0 Å². The Labute approximate surface area is 292 Å². The summed E-state index contributed by atoms with van der Waals surface area (Å²) in [4.78, 5) is 51.7. The molecule has 2 aliphatic carbocycles. The summed E-state index contributed by atoms with van der Waals surface area (Å²) >= 11 is 17.5. The molecule has 49 heavy (non-hydrogen) atoms. The minimum atomic E-state index is -2.80. The van der Waals surface area contributed by atoms with Crippen molar-refractivity contribution in [3.8, 4) is 11.5 Å². The molecule has 2 saturated heterocycles. The van der Waals surface area contributed by atoms with Gasteiger partial charge in [0.2, 0.25) is 17.6 Å². The Balaban J connectivity index is 1.46. The van der Waals surface area contributed by atoms with Crippen molar-refractivity contribution in [3.63, 3.8) is 0 Å². The lowest BCUT2D eigenvalue weighted by Crippen LogP contribution is -2.60. The average molecular weight is 786 g/mol. The lowest BCUT2D eigenvalue weighted by Gasteiger charge is -2.50. The number of alkyl halides is 2. The second kappa shape index (κ2) is 11.3. The summed E-state index contributed by atoms with van der Waals surface area (Å²) in [6.07, 6.45) is 0.783. The van der Waals surface area contributed by atoms with E-state index in [-0.39, 0.29) is 33.9 Å². The fourth-order valence-electron chi connectivity index (χ4n) is 7.73. The molecule has 3 fully saturated rings. The maximum atomic E-state index is 15.2. The lowest BCUT2D eigenvalue weighted by molar-refractivity contribution is -0.125. The first-order chi connectivity index (χ1) is 23.1. The standard InChI is InChI=1S/C33H20BrCl2F5N2O6/c1-49-18-4-2-3-17(44)20(18)21-14-9-10-15-19(29(46)42(28(15)45)13-7-5-12(34)6-8-13)16(14)11-32(35)30(47)43(31(48)33(21,32)36)27-25(40)23(38)22(37)24(39)26(27)41/h2-9,15-16,19,21,44H,10-11H2,1H3/t15-,16+,19-,21+,32+,33-/m0/s1. The molecule has 3 aromatic carbocycles. The van der Waals surface area contributed by atoms with E-state index in [0.717, 1.165) is 4.90 Å². The summed E-state index contributed by atoms with van der Waals surface area (Å²) < 4.78 is 79.4.